The van der Waals surface area contributed by atoms with E-state index in [1.807, 2.05) is 6.92 Å². The topological polar surface area (TPSA) is 35.2 Å². The molecule has 1 aliphatic rings. The highest BCUT2D eigenvalue weighted by atomic mass is 19.1. The number of nitrogens with two attached hydrogens (primary N) is 1. The van der Waals surface area contributed by atoms with E-state index in [-0.39, 0.29) is 17.2 Å². The Kier molecular flexibility index (Phi) is 2.62. The van der Waals surface area contributed by atoms with Crippen molar-refractivity contribution in [1.29, 1.82) is 0 Å². The predicted octanol–water partition coefficient (Wildman–Crippen LogP) is 2.35. The number of benzene rings is 1. The maximum atomic E-state index is 13.5. The van der Waals surface area contributed by atoms with E-state index in [1.54, 1.807) is 0 Å². The van der Waals surface area contributed by atoms with Crippen LogP contribution in [0.5, 0.6) is 5.75 Å². The van der Waals surface area contributed by atoms with E-state index in [2.05, 4.69) is 4.74 Å². The fourth-order valence-electron chi connectivity index (χ4n) is 2.18. The zero-order valence-corrected chi connectivity index (χ0v) is 9.39. The third-order valence-corrected chi connectivity index (χ3v) is 3.44. The lowest BCUT2D eigenvalue weighted by atomic mass is 9.89. The summed E-state index contributed by atoms with van der Waals surface area (Å²) in [6, 6.07) is 2.57. The summed E-state index contributed by atoms with van der Waals surface area (Å²) >= 11 is 0. The van der Waals surface area contributed by atoms with Gasteiger partial charge in [-0.25, -0.2) is 8.78 Å². The van der Waals surface area contributed by atoms with Crippen molar-refractivity contribution in [2.45, 2.75) is 31.2 Å². The first kappa shape index (κ1) is 11.3. The van der Waals surface area contributed by atoms with Crippen LogP contribution in [-0.2, 0) is 5.41 Å². The van der Waals surface area contributed by atoms with Crippen molar-refractivity contribution in [3.8, 4) is 5.75 Å². The van der Waals surface area contributed by atoms with Gasteiger partial charge in [0.25, 0.3) is 0 Å². The van der Waals surface area contributed by atoms with E-state index in [1.165, 1.54) is 19.2 Å². The van der Waals surface area contributed by atoms with Crippen LogP contribution in [0.15, 0.2) is 12.1 Å². The monoisotopic (exact) mass is 227 g/mol. The van der Waals surface area contributed by atoms with Gasteiger partial charge >= 0.3 is 0 Å². The molecule has 2 N–H and O–H groups in total. The van der Waals surface area contributed by atoms with Crippen LogP contribution in [-0.4, -0.2) is 13.2 Å². The Balaban J connectivity index is 2.45. The van der Waals surface area contributed by atoms with Gasteiger partial charge in [0, 0.05) is 11.5 Å². The number of methoxy groups -OCH3 is 1. The lowest BCUT2D eigenvalue weighted by molar-refractivity contribution is 0.358. The van der Waals surface area contributed by atoms with Gasteiger partial charge in [-0.15, -0.1) is 0 Å². The minimum absolute atomic E-state index is 0.0975. The lowest BCUT2D eigenvalue weighted by Crippen LogP contribution is -2.31. The molecule has 0 amide bonds. The summed E-state index contributed by atoms with van der Waals surface area (Å²) in [6.45, 7) is 1.87. The Morgan fingerprint density at radius 2 is 1.81 bits per heavy atom. The SMILES string of the molecule is COc1c(F)cc(C2(C(C)N)CC2)cc1F. The average molecular weight is 227 g/mol. The molecule has 0 aromatic heterocycles. The minimum atomic E-state index is -0.663. The minimum Gasteiger partial charge on any atom is -0.491 e. The Morgan fingerprint density at radius 3 is 2.12 bits per heavy atom. The van der Waals surface area contributed by atoms with Gasteiger partial charge in [0.1, 0.15) is 0 Å². The quantitative estimate of drug-likeness (QED) is 0.860. The van der Waals surface area contributed by atoms with Crippen molar-refractivity contribution < 1.29 is 13.5 Å². The fourth-order valence-corrected chi connectivity index (χ4v) is 2.18. The molecule has 0 spiro atoms. The Labute approximate surface area is 93.4 Å². The largest absolute Gasteiger partial charge is 0.491 e. The molecule has 1 saturated carbocycles. The fraction of sp³-hybridized carbons (Fsp3) is 0.500. The Hall–Kier alpha value is -1.16. The zero-order valence-electron chi connectivity index (χ0n) is 9.39. The molecular weight excluding hydrogens is 212 g/mol. The molecule has 0 aliphatic heterocycles. The van der Waals surface area contributed by atoms with Crippen LogP contribution >= 0.6 is 0 Å². The van der Waals surface area contributed by atoms with Crippen LogP contribution in [0, 0.1) is 11.6 Å². The van der Waals surface area contributed by atoms with Crippen LogP contribution < -0.4 is 10.5 Å². The molecular formula is C12H15F2NO. The third kappa shape index (κ3) is 1.57. The number of halogens is 2. The van der Waals surface area contributed by atoms with Crippen molar-refractivity contribution in [1.82, 2.24) is 0 Å². The molecule has 0 bridgehead atoms. The van der Waals surface area contributed by atoms with E-state index >= 15 is 0 Å². The highest BCUT2D eigenvalue weighted by molar-refractivity contribution is 5.39. The van der Waals surface area contributed by atoms with E-state index in [9.17, 15) is 8.78 Å². The second-order valence-corrected chi connectivity index (χ2v) is 4.42. The molecule has 1 fully saturated rings. The molecule has 1 aromatic rings. The molecule has 16 heavy (non-hydrogen) atoms. The first-order valence-electron chi connectivity index (χ1n) is 5.30. The van der Waals surface area contributed by atoms with Crippen molar-refractivity contribution in [3.05, 3.63) is 29.3 Å². The second kappa shape index (κ2) is 3.70. The number of hydrogen-bond acceptors (Lipinski definition) is 2. The molecule has 4 heteroatoms. The summed E-state index contributed by atoms with van der Waals surface area (Å²) in [5, 5.41) is 0. The van der Waals surface area contributed by atoms with Gasteiger partial charge in [-0.3, -0.25) is 0 Å². The van der Waals surface area contributed by atoms with Gasteiger partial charge in [0.2, 0.25) is 0 Å². The lowest BCUT2D eigenvalue weighted by Gasteiger charge is -2.20. The summed E-state index contributed by atoms with van der Waals surface area (Å²) in [4.78, 5) is 0. The highest BCUT2D eigenvalue weighted by Gasteiger charge is 2.48. The molecule has 0 saturated heterocycles. The predicted molar refractivity (Wildman–Crippen MR) is 57.5 cm³/mol. The average Bonchev–Trinajstić information content (AvgIpc) is 2.97. The van der Waals surface area contributed by atoms with E-state index in [0.29, 0.717) is 5.56 Å². The van der Waals surface area contributed by atoms with Crippen molar-refractivity contribution in [3.63, 3.8) is 0 Å². The highest BCUT2D eigenvalue weighted by Crippen LogP contribution is 2.51. The molecule has 1 atom stereocenters. The van der Waals surface area contributed by atoms with Crippen LogP contribution in [0.1, 0.15) is 25.3 Å². The van der Waals surface area contributed by atoms with Crippen molar-refractivity contribution in [2.24, 2.45) is 5.73 Å². The molecule has 0 heterocycles. The zero-order chi connectivity index (χ0) is 11.9. The van der Waals surface area contributed by atoms with Crippen LogP contribution in [0.2, 0.25) is 0 Å². The van der Waals surface area contributed by atoms with Gasteiger partial charge < -0.3 is 10.5 Å². The van der Waals surface area contributed by atoms with Gasteiger partial charge in [-0.05, 0) is 37.5 Å². The summed E-state index contributed by atoms with van der Waals surface area (Å²) in [5.41, 5.74) is 6.25. The first-order valence-corrected chi connectivity index (χ1v) is 5.30. The molecule has 1 aromatic carbocycles. The first-order chi connectivity index (χ1) is 7.51. The van der Waals surface area contributed by atoms with Crippen LogP contribution in [0.3, 0.4) is 0 Å². The number of hydrogen-bond donors (Lipinski definition) is 1. The summed E-state index contributed by atoms with van der Waals surface area (Å²) in [7, 11) is 1.25. The molecule has 2 nitrogen and oxygen atoms in total. The molecule has 0 radical (unpaired) electrons. The summed E-state index contributed by atoms with van der Waals surface area (Å²) in [5.74, 6) is -1.65. The third-order valence-electron chi connectivity index (χ3n) is 3.44. The molecule has 1 aliphatic carbocycles. The van der Waals surface area contributed by atoms with Gasteiger partial charge in [0.05, 0.1) is 7.11 Å². The maximum Gasteiger partial charge on any atom is 0.190 e. The standard InChI is InChI=1S/C12H15F2NO/c1-7(15)12(3-4-12)8-5-9(13)11(16-2)10(14)6-8/h5-7H,3-4,15H2,1-2H3. The Bertz CT molecular complexity index is 390. The van der Waals surface area contributed by atoms with Gasteiger partial charge in [-0.1, -0.05) is 0 Å². The van der Waals surface area contributed by atoms with E-state index < -0.39 is 11.6 Å². The number of ether oxygens (including phenoxy) is 1. The maximum absolute atomic E-state index is 13.5. The second-order valence-electron chi connectivity index (χ2n) is 4.42. The van der Waals surface area contributed by atoms with E-state index in [4.69, 9.17) is 5.73 Å². The van der Waals surface area contributed by atoms with Gasteiger partial charge in [0.15, 0.2) is 17.4 Å². The van der Waals surface area contributed by atoms with E-state index in [0.717, 1.165) is 12.8 Å². The van der Waals surface area contributed by atoms with Crippen LogP contribution in [0.4, 0.5) is 8.78 Å². The normalized spacial score (nSPS) is 19.3. The van der Waals surface area contributed by atoms with Gasteiger partial charge in [-0.2, -0.15) is 0 Å². The summed E-state index contributed by atoms with van der Waals surface area (Å²) in [6.07, 6.45) is 1.77. The smallest absolute Gasteiger partial charge is 0.190 e. The number of rotatable bonds is 3. The summed E-state index contributed by atoms with van der Waals surface area (Å²) < 4.78 is 31.7. The Morgan fingerprint density at radius 1 is 1.31 bits per heavy atom. The molecule has 1 unspecified atom stereocenters. The molecule has 2 rings (SSSR count). The van der Waals surface area contributed by atoms with Crippen molar-refractivity contribution >= 4 is 0 Å². The van der Waals surface area contributed by atoms with Crippen LogP contribution in [0.25, 0.3) is 0 Å². The molecule has 88 valence electrons. The van der Waals surface area contributed by atoms with Crippen molar-refractivity contribution in [2.75, 3.05) is 7.11 Å².